The molecule has 0 atom stereocenters. The van der Waals surface area contributed by atoms with Gasteiger partial charge in [0.2, 0.25) is 0 Å². The van der Waals surface area contributed by atoms with Crippen molar-refractivity contribution in [1.82, 2.24) is 4.98 Å². The highest BCUT2D eigenvalue weighted by molar-refractivity contribution is 6.06. The topological polar surface area (TPSA) is 97.6 Å². The number of rotatable bonds is 5. The first-order valence-electron chi connectivity index (χ1n) is 7.93. The Kier molecular flexibility index (Phi) is 4.78. The predicted molar refractivity (Wildman–Crippen MR) is 93.3 cm³/mol. The molecule has 130 valence electrons. The molecule has 1 amide bonds. The van der Waals surface area contributed by atoms with Crippen LogP contribution in [0, 0.1) is 10.1 Å². The van der Waals surface area contributed by atoms with Crippen LogP contribution in [-0.4, -0.2) is 36.0 Å². The molecular formula is C17H18N4O4. The maximum atomic E-state index is 12.4. The number of benzene rings is 1. The lowest BCUT2D eigenvalue weighted by Crippen LogP contribution is -2.18. The number of carbonyl (C=O) groups is 1. The molecule has 0 radical (unpaired) electrons. The normalized spacial score (nSPS) is 13.6. The lowest BCUT2D eigenvalue weighted by Gasteiger charge is -2.17. The Morgan fingerprint density at radius 3 is 2.64 bits per heavy atom. The second-order valence-electron chi connectivity index (χ2n) is 5.69. The molecule has 1 aliphatic heterocycles. The van der Waals surface area contributed by atoms with Crippen molar-refractivity contribution in [3.63, 3.8) is 0 Å². The van der Waals surface area contributed by atoms with Crippen LogP contribution in [0.2, 0.25) is 0 Å². The van der Waals surface area contributed by atoms with Crippen LogP contribution in [0.5, 0.6) is 5.75 Å². The van der Waals surface area contributed by atoms with E-state index in [4.69, 9.17) is 4.74 Å². The molecule has 1 saturated heterocycles. The van der Waals surface area contributed by atoms with Crippen molar-refractivity contribution in [2.24, 2.45) is 0 Å². The van der Waals surface area contributed by atoms with Gasteiger partial charge in [0.1, 0.15) is 17.1 Å². The maximum Gasteiger partial charge on any atom is 0.282 e. The minimum absolute atomic E-state index is 0.0743. The number of hydrogen-bond donors (Lipinski definition) is 1. The summed E-state index contributed by atoms with van der Waals surface area (Å²) in [5, 5.41) is 13.7. The van der Waals surface area contributed by atoms with E-state index >= 15 is 0 Å². The summed E-state index contributed by atoms with van der Waals surface area (Å²) in [5.41, 5.74) is 0.643. The molecule has 2 heterocycles. The minimum Gasteiger partial charge on any atom is -0.497 e. The van der Waals surface area contributed by atoms with Gasteiger partial charge in [0.05, 0.1) is 23.9 Å². The minimum atomic E-state index is -0.605. The van der Waals surface area contributed by atoms with Gasteiger partial charge < -0.3 is 15.0 Å². The van der Waals surface area contributed by atoms with Gasteiger partial charge in [-0.15, -0.1) is 0 Å². The quantitative estimate of drug-likeness (QED) is 0.663. The van der Waals surface area contributed by atoms with Crippen molar-refractivity contribution in [2.45, 2.75) is 12.8 Å². The molecule has 0 unspecified atom stereocenters. The van der Waals surface area contributed by atoms with E-state index in [-0.39, 0.29) is 11.3 Å². The largest absolute Gasteiger partial charge is 0.497 e. The number of carbonyl (C=O) groups excluding carboxylic acids is 1. The molecule has 0 spiro atoms. The number of ether oxygens (including phenoxy) is 1. The average Bonchev–Trinajstić information content (AvgIpc) is 3.16. The van der Waals surface area contributed by atoms with Crippen LogP contribution < -0.4 is 15.0 Å². The van der Waals surface area contributed by atoms with Crippen LogP contribution in [0.25, 0.3) is 0 Å². The van der Waals surface area contributed by atoms with Gasteiger partial charge in [-0.1, -0.05) is 0 Å². The van der Waals surface area contributed by atoms with Crippen molar-refractivity contribution in [2.75, 3.05) is 30.4 Å². The summed E-state index contributed by atoms with van der Waals surface area (Å²) in [4.78, 5) is 29.4. The van der Waals surface area contributed by atoms with E-state index in [1.165, 1.54) is 25.3 Å². The average molecular weight is 342 g/mol. The molecule has 1 aromatic carbocycles. The smallest absolute Gasteiger partial charge is 0.282 e. The van der Waals surface area contributed by atoms with Crippen LogP contribution in [0.3, 0.4) is 0 Å². The van der Waals surface area contributed by atoms with Crippen molar-refractivity contribution >= 4 is 23.1 Å². The number of anilines is 2. The monoisotopic (exact) mass is 342 g/mol. The molecule has 1 aromatic heterocycles. The molecule has 0 aliphatic carbocycles. The Balaban J connectivity index is 1.78. The van der Waals surface area contributed by atoms with Crippen LogP contribution in [0.1, 0.15) is 23.2 Å². The summed E-state index contributed by atoms with van der Waals surface area (Å²) in [6.45, 7) is 2.01. The zero-order chi connectivity index (χ0) is 17.8. The van der Waals surface area contributed by atoms with E-state index in [9.17, 15) is 14.9 Å². The maximum absolute atomic E-state index is 12.4. The number of nitro benzene ring substituents is 1. The van der Waals surface area contributed by atoms with Gasteiger partial charge in [-0.3, -0.25) is 14.9 Å². The van der Waals surface area contributed by atoms with Gasteiger partial charge >= 0.3 is 0 Å². The van der Waals surface area contributed by atoms with Crippen molar-refractivity contribution < 1.29 is 14.5 Å². The second-order valence-corrected chi connectivity index (χ2v) is 5.69. The molecule has 0 bridgehead atoms. The fraction of sp³-hybridized carbons (Fsp3) is 0.294. The molecule has 2 aromatic rings. The van der Waals surface area contributed by atoms with E-state index in [0.29, 0.717) is 11.6 Å². The SMILES string of the molecule is COc1ccc([N+](=O)[O-])c(C(=O)Nc2ccc(N3CCCC3)cn2)c1. The Bertz CT molecular complexity index is 786. The summed E-state index contributed by atoms with van der Waals surface area (Å²) in [6, 6.07) is 7.60. The summed E-state index contributed by atoms with van der Waals surface area (Å²) < 4.78 is 5.04. The van der Waals surface area contributed by atoms with Gasteiger partial charge in [0.15, 0.2) is 0 Å². The highest BCUT2D eigenvalue weighted by Gasteiger charge is 2.21. The standard InChI is InChI=1S/C17H18N4O4/c1-25-13-5-6-15(21(23)24)14(10-13)17(22)19-16-7-4-12(11-18-16)20-8-2-3-9-20/h4-7,10-11H,2-3,8-9H2,1H3,(H,18,19,22). The predicted octanol–water partition coefficient (Wildman–Crippen LogP) is 2.85. The fourth-order valence-corrected chi connectivity index (χ4v) is 2.79. The number of aromatic nitrogens is 1. The zero-order valence-electron chi connectivity index (χ0n) is 13.8. The molecule has 0 saturated carbocycles. The van der Waals surface area contributed by atoms with Crippen LogP contribution in [0.15, 0.2) is 36.5 Å². The number of methoxy groups -OCH3 is 1. The third-order valence-electron chi connectivity index (χ3n) is 4.11. The van der Waals surface area contributed by atoms with E-state index in [1.54, 1.807) is 12.3 Å². The third kappa shape index (κ3) is 3.68. The fourth-order valence-electron chi connectivity index (χ4n) is 2.79. The lowest BCUT2D eigenvalue weighted by molar-refractivity contribution is -0.385. The number of amides is 1. The third-order valence-corrected chi connectivity index (χ3v) is 4.11. The Morgan fingerprint density at radius 2 is 2.04 bits per heavy atom. The van der Waals surface area contributed by atoms with Crippen LogP contribution >= 0.6 is 0 Å². The molecule has 3 rings (SSSR count). The van der Waals surface area contributed by atoms with Crippen molar-refractivity contribution in [3.8, 4) is 5.75 Å². The molecule has 8 nitrogen and oxygen atoms in total. The summed E-state index contributed by atoms with van der Waals surface area (Å²) >= 11 is 0. The second kappa shape index (κ2) is 7.16. The molecule has 8 heteroatoms. The number of nitrogens with zero attached hydrogens (tertiary/aromatic N) is 3. The van der Waals surface area contributed by atoms with E-state index < -0.39 is 10.8 Å². The Morgan fingerprint density at radius 1 is 1.28 bits per heavy atom. The van der Waals surface area contributed by atoms with Crippen molar-refractivity contribution in [3.05, 3.63) is 52.2 Å². The van der Waals surface area contributed by atoms with E-state index in [0.717, 1.165) is 31.6 Å². The van der Waals surface area contributed by atoms with Crippen LogP contribution in [-0.2, 0) is 0 Å². The molecule has 1 aliphatic rings. The highest BCUT2D eigenvalue weighted by Crippen LogP contribution is 2.25. The van der Waals surface area contributed by atoms with Crippen LogP contribution in [0.4, 0.5) is 17.2 Å². The Hall–Kier alpha value is -3.16. The zero-order valence-corrected chi connectivity index (χ0v) is 13.8. The summed E-state index contributed by atoms with van der Waals surface area (Å²) in [6.07, 6.45) is 4.02. The van der Waals surface area contributed by atoms with Gasteiger partial charge in [-0.05, 0) is 37.1 Å². The molecule has 1 N–H and O–H groups in total. The van der Waals surface area contributed by atoms with E-state index in [2.05, 4.69) is 15.2 Å². The first kappa shape index (κ1) is 16.7. The van der Waals surface area contributed by atoms with Crippen molar-refractivity contribution in [1.29, 1.82) is 0 Å². The van der Waals surface area contributed by atoms with Gasteiger partial charge in [0.25, 0.3) is 11.6 Å². The van der Waals surface area contributed by atoms with Gasteiger partial charge in [-0.25, -0.2) is 4.98 Å². The van der Waals surface area contributed by atoms with Gasteiger partial charge in [-0.2, -0.15) is 0 Å². The highest BCUT2D eigenvalue weighted by atomic mass is 16.6. The Labute approximate surface area is 144 Å². The number of nitro groups is 1. The number of pyridine rings is 1. The first-order chi connectivity index (χ1) is 12.1. The van der Waals surface area contributed by atoms with E-state index in [1.807, 2.05) is 6.07 Å². The lowest BCUT2D eigenvalue weighted by atomic mass is 10.1. The molecule has 1 fully saturated rings. The van der Waals surface area contributed by atoms with Gasteiger partial charge in [0, 0.05) is 19.2 Å². The summed E-state index contributed by atoms with van der Waals surface area (Å²) in [5.74, 6) is 0.102. The molecular weight excluding hydrogens is 324 g/mol. The first-order valence-corrected chi connectivity index (χ1v) is 7.93. The summed E-state index contributed by atoms with van der Waals surface area (Å²) in [7, 11) is 1.43. The molecule has 25 heavy (non-hydrogen) atoms. The number of nitrogens with one attached hydrogen (secondary N) is 1. The number of hydrogen-bond acceptors (Lipinski definition) is 6.